The molecule has 0 spiro atoms. The number of rotatable bonds is 3. The number of aryl methyl sites for hydroxylation is 1. The maximum Gasteiger partial charge on any atom is 0.341 e. The molecule has 22 heavy (non-hydrogen) atoms. The minimum Gasteiger partial charge on any atom is -0.459 e. The van der Waals surface area contributed by atoms with Crippen LogP contribution in [-0.4, -0.2) is 36.6 Å². The molecule has 0 aliphatic carbocycles. The Morgan fingerprint density at radius 2 is 2.14 bits per heavy atom. The number of pyridine rings is 1. The van der Waals surface area contributed by atoms with Gasteiger partial charge < -0.3 is 4.74 Å². The monoisotopic (exact) mass is 297 g/mol. The van der Waals surface area contributed by atoms with Gasteiger partial charge in [-0.3, -0.25) is 4.98 Å². The number of carbonyl (C=O) groups is 1. The highest BCUT2D eigenvalue weighted by atomic mass is 16.5. The fourth-order valence-corrected chi connectivity index (χ4v) is 2.04. The molecule has 0 unspecified atom stereocenters. The summed E-state index contributed by atoms with van der Waals surface area (Å²) in [6, 6.07) is 3.68. The van der Waals surface area contributed by atoms with Crippen molar-refractivity contribution in [3.8, 4) is 11.4 Å². The van der Waals surface area contributed by atoms with Crippen molar-refractivity contribution < 1.29 is 9.53 Å². The number of hydrogen-bond donors (Lipinski definition) is 0. The Balaban J connectivity index is 2.06. The molecule has 7 heteroatoms. The first-order valence-electron chi connectivity index (χ1n) is 6.90. The van der Waals surface area contributed by atoms with E-state index >= 15 is 0 Å². The third kappa shape index (κ3) is 2.52. The van der Waals surface area contributed by atoms with Crippen molar-refractivity contribution in [3.63, 3.8) is 0 Å². The highest BCUT2D eigenvalue weighted by Gasteiger charge is 2.17. The number of ether oxygens (including phenoxy) is 1. The van der Waals surface area contributed by atoms with E-state index in [4.69, 9.17) is 4.74 Å². The summed E-state index contributed by atoms with van der Waals surface area (Å²) in [6.45, 7) is 5.39. The van der Waals surface area contributed by atoms with E-state index in [1.165, 1.54) is 6.20 Å². The van der Waals surface area contributed by atoms with Crippen molar-refractivity contribution in [1.29, 1.82) is 0 Å². The molecule has 0 saturated heterocycles. The molecule has 0 atom stereocenters. The largest absolute Gasteiger partial charge is 0.459 e. The summed E-state index contributed by atoms with van der Waals surface area (Å²) in [5, 5.41) is 4.40. The van der Waals surface area contributed by atoms with Crippen LogP contribution in [0.25, 0.3) is 17.2 Å². The SMILES string of the molecule is Cc1c(C(=O)OC(C)C)cnc2nc(-c3cccnc3)nn12. The second-order valence-electron chi connectivity index (χ2n) is 5.10. The highest BCUT2D eigenvalue weighted by Crippen LogP contribution is 2.16. The maximum atomic E-state index is 12.1. The van der Waals surface area contributed by atoms with Crippen LogP contribution in [0.4, 0.5) is 0 Å². The van der Waals surface area contributed by atoms with Crippen molar-refractivity contribution >= 4 is 11.7 Å². The molecule has 7 nitrogen and oxygen atoms in total. The molecule has 3 rings (SSSR count). The average molecular weight is 297 g/mol. The van der Waals surface area contributed by atoms with E-state index in [2.05, 4.69) is 20.1 Å². The first kappa shape index (κ1) is 14.1. The van der Waals surface area contributed by atoms with E-state index in [9.17, 15) is 4.79 Å². The van der Waals surface area contributed by atoms with Gasteiger partial charge in [0.2, 0.25) is 0 Å². The minimum atomic E-state index is -0.416. The van der Waals surface area contributed by atoms with Crippen LogP contribution in [0, 0.1) is 6.92 Å². The third-order valence-electron chi connectivity index (χ3n) is 3.09. The van der Waals surface area contributed by atoms with Crippen molar-refractivity contribution in [1.82, 2.24) is 24.6 Å². The fraction of sp³-hybridized carbons (Fsp3) is 0.267. The summed E-state index contributed by atoms with van der Waals surface area (Å²) in [5.74, 6) is 0.524. The molecular weight excluding hydrogens is 282 g/mol. The van der Waals surface area contributed by atoms with Gasteiger partial charge in [0.25, 0.3) is 5.78 Å². The molecule has 0 radical (unpaired) electrons. The van der Waals surface area contributed by atoms with Crippen LogP contribution in [0.5, 0.6) is 0 Å². The lowest BCUT2D eigenvalue weighted by Gasteiger charge is -2.09. The van der Waals surface area contributed by atoms with Gasteiger partial charge in [-0.05, 0) is 32.9 Å². The van der Waals surface area contributed by atoms with Gasteiger partial charge in [0.15, 0.2) is 5.82 Å². The first-order chi connectivity index (χ1) is 10.6. The van der Waals surface area contributed by atoms with Crippen molar-refractivity contribution in [2.45, 2.75) is 26.9 Å². The summed E-state index contributed by atoms with van der Waals surface area (Å²) >= 11 is 0. The van der Waals surface area contributed by atoms with Gasteiger partial charge >= 0.3 is 5.97 Å². The summed E-state index contributed by atoms with van der Waals surface area (Å²) in [4.78, 5) is 24.6. The van der Waals surface area contributed by atoms with E-state index in [1.807, 2.05) is 12.1 Å². The molecule has 0 fully saturated rings. The van der Waals surface area contributed by atoms with E-state index in [-0.39, 0.29) is 6.10 Å². The zero-order valence-electron chi connectivity index (χ0n) is 12.5. The lowest BCUT2D eigenvalue weighted by Crippen LogP contribution is -2.15. The van der Waals surface area contributed by atoms with Crippen LogP contribution >= 0.6 is 0 Å². The normalized spacial score (nSPS) is 11.1. The minimum absolute atomic E-state index is 0.190. The van der Waals surface area contributed by atoms with Gasteiger partial charge in [-0.25, -0.2) is 14.3 Å². The second kappa shape index (κ2) is 5.51. The standard InChI is InChI=1S/C15H15N5O2/c1-9(2)22-14(21)12-8-17-15-18-13(19-20(15)10(12)3)11-5-4-6-16-7-11/h4-9H,1-3H3. The van der Waals surface area contributed by atoms with Crippen LogP contribution in [0.15, 0.2) is 30.7 Å². The molecule has 0 aliphatic rings. The van der Waals surface area contributed by atoms with E-state index in [1.54, 1.807) is 37.7 Å². The first-order valence-corrected chi connectivity index (χ1v) is 6.90. The molecular formula is C15H15N5O2. The topological polar surface area (TPSA) is 82.3 Å². The second-order valence-corrected chi connectivity index (χ2v) is 5.10. The van der Waals surface area contributed by atoms with E-state index in [0.29, 0.717) is 22.9 Å². The Bertz CT molecular complexity index is 827. The molecule has 0 saturated carbocycles. The van der Waals surface area contributed by atoms with Crippen molar-refractivity contribution in [2.24, 2.45) is 0 Å². The van der Waals surface area contributed by atoms with Crippen molar-refractivity contribution in [3.05, 3.63) is 42.0 Å². The summed E-state index contributed by atoms with van der Waals surface area (Å²) < 4.78 is 6.75. The number of hydrogen-bond acceptors (Lipinski definition) is 6. The van der Waals surface area contributed by atoms with Crippen LogP contribution in [0.3, 0.4) is 0 Å². The Morgan fingerprint density at radius 3 is 2.82 bits per heavy atom. The number of carbonyl (C=O) groups excluding carboxylic acids is 1. The number of aromatic nitrogens is 5. The zero-order valence-corrected chi connectivity index (χ0v) is 12.5. The molecule has 0 amide bonds. The Hall–Kier alpha value is -2.83. The molecule has 0 N–H and O–H groups in total. The maximum absolute atomic E-state index is 12.1. The quantitative estimate of drug-likeness (QED) is 0.688. The van der Waals surface area contributed by atoms with Gasteiger partial charge in [-0.2, -0.15) is 4.98 Å². The Morgan fingerprint density at radius 1 is 1.32 bits per heavy atom. The van der Waals surface area contributed by atoms with E-state index in [0.717, 1.165) is 5.56 Å². The molecule has 0 bridgehead atoms. The molecule has 0 aromatic carbocycles. The molecule has 3 aromatic heterocycles. The number of nitrogens with zero attached hydrogens (tertiary/aromatic N) is 5. The number of esters is 1. The Labute approximate surface area is 127 Å². The average Bonchev–Trinajstić information content (AvgIpc) is 2.93. The summed E-state index contributed by atoms with van der Waals surface area (Å²) in [6.07, 6.45) is 4.64. The van der Waals surface area contributed by atoms with Gasteiger partial charge in [-0.15, -0.1) is 5.10 Å². The lowest BCUT2D eigenvalue weighted by molar-refractivity contribution is 0.0375. The predicted octanol–water partition coefficient (Wildman–Crippen LogP) is 2.06. The molecule has 3 heterocycles. The molecule has 3 aromatic rings. The number of fused-ring (bicyclic) bond motifs is 1. The molecule has 112 valence electrons. The zero-order chi connectivity index (χ0) is 15.7. The smallest absolute Gasteiger partial charge is 0.341 e. The van der Waals surface area contributed by atoms with Crippen LogP contribution in [-0.2, 0) is 4.74 Å². The highest BCUT2D eigenvalue weighted by molar-refractivity contribution is 5.90. The van der Waals surface area contributed by atoms with Gasteiger partial charge in [0.05, 0.1) is 17.4 Å². The predicted molar refractivity (Wildman–Crippen MR) is 79.3 cm³/mol. The van der Waals surface area contributed by atoms with Crippen LogP contribution in [0.2, 0.25) is 0 Å². The van der Waals surface area contributed by atoms with Gasteiger partial charge in [-0.1, -0.05) is 0 Å². The third-order valence-corrected chi connectivity index (χ3v) is 3.09. The van der Waals surface area contributed by atoms with E-state index < -0.39 is 5.97 Å². The summed E-state index contributed by atoms with van der Waals surface area (Å²) in [7, 11) is 0. The van der Waals surface area contributed by atoms with Crippen LogP contribution in [0.1, 0.15) is 29.9 Å². The van der Waals surface area contributed by atoms with Gasteiger partial charge in [0.1, 0.15) is 0 Å². The van der Waals surface area contributed by atoms with Crippen LogP contribution < -0.4 is 0 Å². The fourth-order valence-electron chi connectivity index (χ4n) is 2.04. The lowest BCUT2D eigenvalue weighted by atomic mass is 10.2. The van der Waals surface area contributed by atoms with Crippen molar-refractivity contribution in [2.75, 3.05) is 0 Å². The molecule has 0 aliphatic heterocycles. The summed E-state index contributed by atoms with van der Waals surface area (Å²) in [5.41, 5.74) is 1.81. The van der Waals surface area contributed by atoms with Gasteiger partial charge in [0, 0.05) is 24.2 Å². The Kier molecular flexibility index (Phi) is 3.54.